The molecule has 0 atom stereocenters. The fourth-order valence-electron chi connectivity index (χ4n) is 2.29. The van der Waals surface area contributed by atoms with Crippen molar-refractivity contribution >= 4 is 23.1 Å². The minimum Gasteiger partial charge on any atom is -0.464 e. The van der Waals surface area contributed by atoms with Crippen molar-refractivity contribution in [1.29, 1.82) is 0 Å². The molecular weight excluding hydrogens is 266 g/mol. The van der Waals surface area contributed by atoms with Crippen molar-refractivity contribution in [2.75, 3.05) is 20.2 Å². The summed E-state index contributed by atoms with van der Waals surface area (Å²) < 4.78 is 6.65. The highest BCUT2D eigenvalue weighted by molar-refractivity contribution is 6.34. The van der Waals surface area contributed by atoms with Gasteiger partial charge in [-0.25, -0.2) is 9.78 Å². The molecule has 1 N–H and O–H groups in total. The first-order chi connectivity index (χ1) is 9.20. The molecule has 3 heterocycles. The number of imidazole rings is 1. The lowest BCUT2D eigenvalue weighted by atomic mass is 9.99. The van der Waals surface area contributed by atoms with Crippen LogP contribution in [0.5, 0.6) is 0 Å². The van der Waals surface area contributed by atoms with Crippen LogP contribution < -0.4 is 5.32 Å². The number of methoxy groups -OCH3 is 1. The van der Waals surface area contributed by atoms with E-state index in [1.54, 1.807) is 6.07 Å². The van der Waals surface area contributed by atoms with Crippen molar-refractivity contribution in [3.63, 3.8) is 0 Å². The zero-order valence-corrected chi connectivity index (χ0v) is 11.3. The molecule has 2 aromatic heterocycles. The molecule has 1 fully saturated rings. The van der Waals surface area contributed by atoms with Gasteiger partial charge in [0.25, 0.3) is 0 Å². The molecule has 1 aliphatic heterocycles. The van der Waals surface area contributed by atoms with Crippen LogP contribution in [0.25, 0.3) is 5.52 Å². The first-order valence-electron chi connectivity index (χ1n) is 6.15. The average molecular weight is 280 g/mol. The van der Waals surface area contributed by atoms with E-state index in [1.165, 1.54) is 7.11 Å². The standard InChI is InChI=1S/C13H14ClN3O2/c1-19-13(18)11-12-9(14)3-2-4-17(12)10(16-11)5-8-6-15-7-8/h2-4,8,15H,5-7H2,1H3. The monoisotopic (exact) mass is 279 g/mol. The maximum Gasteiger partial charge on any atom is 0.358 e. The van der Waals surface area contributed by atoms with E-state index in [0.717, 1.165) is 25.3 Å². The Kier molecular flexibility index (Phi) is 3.16. The Bertz CT molecular complexity index is 634. The summed E-state index contributed by atoms with van der Waals surface area (Å²) in [6.07, 6.45) is 2.70. The van der Waals surface area contributed by atoms with Gasteiger partial charge in [-0.1, -0.05) is 11.6 Å². The van der Waals surface area contributed by atoms with E-state index >= 15 is 0 Å². The highest BCUT2D eigenvalue weighted by Crippen LogP contribution is 2.24. The molecule has 0 unspecified atom stereocenters. The number of carbonyl (C=O) groups excluding carboxylic acids is 1. The molecule has 0 saturated carbocycles. The number of pyridine rings is 1. The SMILES string of the molecule is COC(=O)c1nc(CC2CNC2)n2cccc(Cl)c12. The van der Waals surface area contributed by atoms with Crippen molar-refractivity contribution in [3.05, 3.63) is 34.9 Å². The van der Waals surface area contributed by atoms with Crippen molar-refractivity contribution in [3.8, 4) is 0 Å². The van der Waals surface area contributed by atoms with Gasteiger partial charge >= 0.3 is 5.97 Å². The van der Waals surface area contributed by atoms with Crippen molar-refractivity contribution < 1.29 is 9.53 Å². The van der Waals surface area contributed by atoms with E-state index in [-0.39, 0.29) is 5.69 Å². The average Bonchev–Trinajstić information content (AvgIpc) is 2.73. The number of carbonyl (C=O) groups is 1. The zero-order chi connectivity index (χ0) is 13.4. The van der Waals surface area contributed by atoms with Gasteiger partial charge in [0, 0.05) is 12.6 Å². The number of halogens is 1. The number of fused-ring (bicyclic) bond motifs is 1. The van der Waals surface area contributed by atoms with E-state index in [2.05, 4.69) is 10.3 Å². The third-order valence-corrected chi connectivity index (χ3v) is 3.71. The maximum atomic E-state index is 11.8. The maximum absolute atomic E-state index is 11.8. The van der Waals surface area contributed by atoms with Gasteiger partial charge in [-0.2, -0.15) is 0 Å². The van der Waals surface area contributed by atoms with Crippen molar-refractivity contribution in [2.24, 2.45) is 5.92 Å². The Balaban J connectivity index is 2.11. The lowest BCUT2D eigenvalue weighted by Crippen LogP contribution is -2.43. The fraction of sp³-hybridized carbons (Fsp3) is 0.385. The van der Waals surface area contributed by atoms with Gasteiger partial charge in [0.2, 0.25) is 0 Å². The Morgan fingerprint density at radius 1 is 1.63 bits per heavy atom. The molecule has 0 spiro atoms. The van der Waals surface area contributed by atoms with Crippen LogP contribution >= 0.6 is 11.6 Å². The first-order valence-corrected chi connectivity index (χ1v) is 6.53. The summed E-state index contributed by atoms with van der Waals surface area (Å²) in [6, 6.07) is 3.60. The molecule has 1 aliphatic rings. The quantitative estimate of drug-likeness (QED) is 0.866. The lowest BCUT2D eigenvalue weighted by molar-refractivity contribution is 0.0596. The number of aromatic nitrogens is 2. The summed E-state index contributed by atoms with van der Waals surface area (Å²) in [5, 5.41) is 3.73. The molecule has 5 nitrogen and oxygen atoms in total. The smallest absolute Gasteiger partial charge is 0.358 e. The molecule has 0 amide bonds. The van der Waals surface area contributed by atoms with Gasteiger partial charge in [0.1, 0.15) is 5.82 Å². The largest absolute Gasteiger partial charge is 0.464 e. The molecule has 0 bridgehead atoms. The molecule has 19 heavy (non-hydrogen) atoms. The highest BCUT2D eigenvalue weighted by atomic mass is 35.5. The molecule has 100 valence electrons. The summed E-state index contributed by atoms with van der Waals surface area (Å²) in [5.74, 6) is 0.961. The second-order valence-electron chi connectivity index (χ2n) is 4.67. The first kappa shape index (κ1) is 12.4. The normalized spacial score (nSPS) is 15.5. The molecule has 0 aliphatic carbocycles. The van der Waals surface area contributed by atoms with Crippen LogP contribution in [-0.2, 0) is 11.2 Å². The molecule has 0 radical (unpaired) electrons. The van der Waals surface area contributed by atoms with Gasteiger partial charge < -0.3 is 14.5 Å². The number of hydrogen-bond acceptors (Lipinski definition) is 4. The van der Waals surface area contributed by atoms with Crippen molar-refractivity contribution in [1.82, 2.24) is 14.7 Å². The summed E-state index contributed by atoms with van der Waals surface area (Å²) in [7, 11) is 1.35. The predicted molar refractivity (Wildman–Crippen MR) is 71.6 cm³/mol. The van der Waals surface area contributed by atoms with E-state index < -0.39 is 5.97 Å². The van der Waals surface area contributed by atoms with E-state index in [1.807, 2.05) is 16.7 Å². The van der Waals surface area contributed by atoms with Crippen LogP contribution in [0.3, 0.4) is 0 Å². The van der Waals surface area contributed by atoms with Crippen molar-refractivity contribution in [2.45, 2.75) is 6.42 Å². The van der Waals surface area contributed by atoms with Gasteiger partial charge in [0.15, 0.2) is 5.69 Å². The third kappa shape index (κ3) is 2.09. The van der Waals surface area contributed by atoms with E-state index in [4.69, 9.17) is 16.3 Å². The molecule has 2 aromatic rings. The van der Waals surface area contributed by atoms with Gasteiger partial charge in [-0.05, 0) is 31.1 Å². The minimum absolute atomic E-state index is 0.287. The lowest BCUT2D eigenvalue weighted by Gasteiger charge is -2.26. The number of rotatable bonds is 3. The molecular formula is C13H14ClN3O2. The summed E-state index contributed by atoms with van der Waals surface area (Å²) in [4.78, 5) is 16.2. The topological polar surface area (TPSA) is 55.6 Å². The van der Waals surface area contributed by atoms with E-state index in [0.29, 0.717) is 16.5 Å². The number of nitrogens with zero attached hydrogens (tertiary/aromatic N) is 2. The highest BCUT2D eigenvalue weighted by Gasteiger charge is 2.24. The van der Waals surface area contributed by atoms with Crippen LogP contribution in [-0.4, -0.2) is 35.6 Å². The third-order valence-electron chi connectivity index (χ3n) is 3.40. The predicted octanol–water partition coefficient (Wildman–Crippen LogP) is 1.54. The van der Waals surface area contributed by atoms with Gasteiger partial charge in [-0.3, -0.25) is 0 Å². The second-order valence-corrected chi connectivity index (χ2v) is 5.08. The number of nitrogens with one attached hydrogen (secondary N) is 1. The van der Waals surface area contributed by atoms with Gasteiger partial charge in [0.05, 0.1) is 17.6 Å². The van der Waals surface area contributed by atoms with Crippen LogP contribution in [0.1, 0.15) is 16.3 Å². The van der Waals surface area contributed by atoms with Crippen LogP contribution in [0.4, 0.5) is 0 Å². The number of hydrogen-bond donors (Lipinski definition) is 1. The Morgan fingerprint density at radius 2 is 2.42 bits per heavy atom. The number of ether oxygens (including phenoxy) is 1. The molecule has 6 heteroatoms. The fourth-order valence-corrected chi connectivity index (χ4v) is 2.55. The summed E-state index contributed by atoms with van der Waals surface area (Å²) in [6.45, 7) is 1.98. The molecule has 3 rings (SSSR count). The van der Waals surface area contributed by atoms with Gasteiger partial charge in [-0.15, -0.1) is 0 Å². The molecule has 0 aromatic carbocycles. The van der Waals surface area contributed by atoms with Crippen LogP contribution in [0.15, 0.2) is 18.3 Å². The minimum atomic E-state index is -0.455. The Hall–Kier alpha value is -1.59. The summed E-state index contributed by atoms with van der Waals surface area (Å²) >= 11 is 6.18. The summed E-state index contributed by atoms with van der Waals surface area (Å²) in [5.41, 5.74) is 0.911. The zero-order valence-electron chi connectivity index (χ0n) is 10.5. The Morgan fingerprint density at radius 3 is 3.05 bits per heavy atom. The van der Waals surface area contributed by atoms with E-state index in [9.17, 15) is 4.79 Å². The van der Waals surface area contributed by atoms with Crippen LogP contribution in [0, 0.1) is 5.92 Å². The second kappa shape index (κ2) is 4.83. The van der Waals surface area contributed by atoms with Crippen LogP contribution in [0.2, 0.25) is 5.02 Å². The Labute approximate surface area is 115 Å². The molecule has 1 saturated heterocycles. The number of esters is 1.